The summed E-state index contributed by atoms with van der Waals surface area (Å²) in [7, 11) is 0. The first kappa shape index (κ1) is 23.5. The minimum Gasteiger partial charge on any atom is -0.389 e. The fourth-order valence-electron chi connectivity index (χ4n) is 4.19. The summed E-state index contributed by atoms with van der Waals surface area (Å²) in [6.45, 7) is 12.9. The third kappa shape index (κ3) is 6.92. The van der Waals surface area contributed by atoms with Gasteiger partial charge in [0, 0.05) is 38.3 Å². The Hall–Kier alpha value is -2.15. The number of hydrogen-bond donors (Lipinski definition) is 1. The predicted molar refractivity (Wildman–Crippen MR) is 125 cm³/mol. The summed E-state index contributed by atoms with van der Waals surface area (Å²) < 4.78 is 11.4. The van der Waals surface area contributed by atoms with Gasteiger partial charge in [0.05, 0.1) is 24.9 Å². The number of anilines is 1. The molecular formula is C25H37N3O3. The maximum absolute atomic E-state index is 10.5. The third-order valence-corrected chi connectivity index (χ3v) is 5.48. The Labute approximate surface area is 186 Å². The van der Waals surface area contributed by atoms with Gasteiger partial charge in [-0.25, -0.2) is 0 Å². The van der Waals surface area contributed by atoms with Crippen molar-refractivity contribution in [3.63, 3.8) is 0 Å². The molecular weight excluding hydrogens is 390 g/mol. The molecule has 1 fully saturated rings. The monoisotopic (exact) mass is 427 g/mol. The molecule has 3 rings (SSSR count). The van der Waals surface area contributed by atoms with Crippen LogP contribution in [-0.2, 0) is 11.3 Å². The summed E-state index contributed by atoms with van der Waals surface area (Å²) in [4.78, 5) is 4.62. The van der Waals surface area contributed by atoms with Gasteiger partial charge in [0.2, 0.25) is 5.88 Å². The minimum atomic E-state index is -0.558. The molecule has 0 saturated carbocycles. The minimum absolute atomic E-state index is 0.300. The van der Waals surface area contributed by atoms with Crippen molar-refractivity contribution in [1.29, 1.82) is 0 Å². The van der Waals surface area contributed by atoms with E-state index in [1.54, 1.807) is 6.08 Å². The number of nitrogens with zero attached hydrogens (tertiary/aromatic N) is 3. The van der Waals surface area contributed by atoms with Crippen LogP contribution in [0, 0.1) is 5.92 Å². The van der Waals surface area contributed by atoms with Crippen LogP contribution in [0.25, 0.3) is 11.3 Å². The Morgan fingerprint density at radius 1 is 1.19 bits per heavy atom. The average Bonchev–Trinajstić information content (AvgIpc) is 3.18. The summed E-state index contributed by atoms with van der Waals surface area (Å²) >= 11 is 0. The normalized spacial score (nSPS) is 15.6. The first-order valence-corrected chi connectivity index (χ1v) is 11.5. The topological polar surface area (TPSA) is 62.0 Å². The van der Waals surface area contributed by atoms with Gasteiger partial charge in [-0.1, -0.05) is 55.4 Å². The lowest BCUT2D eigenvalue weighted by Gasteiger charge is -2.30. The van der Waals surface area contributed by atoms with Crippen molar-refractivity contribution < 1.29 is 14.4 Å². The van der Waals surface area contributed by atoms with E-state index in [4.69, 9.17) is 9.26 Å². The molecule has 2 heterocycles. The zero-order chi connectivity index (χ0) is 22.1. The van der Waals surface area contributed by atoms with Crippen LogP contribution in [0.2, 0.25) is 0 Å². The highest BCUT2D eigenvalue weighted by Crippen LogP contribution is 2.34. The maximum atomic E-state index is 10.5. The van der Waals surface area contributed by atoms with Crippen molar-refractivity contribution in [3.05, 3.63) is 48.6 Å². The summed E-state index contributed by atoms with van der Waals surface area (Å²) in [6, 6.07) is 10.2. The molecule has 2 aromatic rings. The molecule has 1 saturated heterocycles. The smallest absolute Gasteiger partial charge is 0.232 e. The van der Waals surface area contributed by atoms with Crippen molar-refractivity contribution in [1.82, 2.24) is 10.1 Å². The maximum Gasteiger partial charge on any atom is 0.232 e. The number of aliphatic hydroxyl groups excluding tert-OH is 1. The second-order valence-corrected chi connectivity index (χ2v) is 8.80. The number of ether oxygens (including phenoxy) is 1. The van der Waals surface area contributed by atoms with Crippen LogP contribution in [0.15, 0.2) is 47.5 Å². The van der Waals surface area contributed by atoms with E-state index in [9.17, 15) is 5.11 Å². The molecule has 6 nitrogen and oxygen atoms in total. The van der Waals surface area contributed by atoms with E-state index in [1.807, 2.05) is 18.2 Å². The molecule has 6 heteroatoms. The lowest BCUT2D eigenvalue weighted by atomic mass is 10.0. The van der Waals surface area contributed by atoms with Crippen LogP contribution in [0.3, 0.4) is 0 Å². The molecule has 170 valence electrons. The van der Waals surface area contributed by atoms with E-state index in [0.717, 1.165) is 42.3 Å². The van der Waals surface area contributed by atoms with E-state index in [2.05, 4.69) is 47.5 Å². The van der Waals surface area contributed by atoms with Crippen LogP contribution in [-0.4, -0.2) is 60.7 Å². The van der Waals surface area contributed by atoms with Crippen LogP contribution >= 0.6 is 0 Å². The molecule has 0 bridgehead atoms. The number of benzene rings is 1. The van der Waals surface area contributed by atoms with Gasteiger partial charge in [-0.3, -0.25) is 4.90 Å². The van der Waals surface area contributed by atoms with Crippen molar-refractivity contribution in [2.75, 3.05) is 44.3 Å². The van der Waals surface area contributed by atoms with E-state index < -0.39 is 6.10 Å². The van der Waals surface area contributed by atoms with E-state index in [0.29, 0.717) is 32.2 Å². The Bertz CT molecular complexity index is 785. The lowest BCUT2D eigenvalue weighted by molar-refractivity contribution is 0.0223. The van der Waals surface area contributed by atoms with E-state index in [-0.39, 0.29) is 0 Å². The van der Waals surface area contributed by atoms with Crippen LogP contribution in [0.1, 0.15) is 38.7 Å². The number of piperidine rings is 1. The van der Waals surface area contributed by atoms with Crippen LogP contribution in [0.4, 0.5) is 5.88 Å². The Balaban J connectivity index is 1.85. The first-order chi connectivity index (χ1) is 15.1. The number of aliphatic hydroxyl groups is 1. The largest absolute Gasteiger partial charge is 0.389 e. The molecule has 0 amide bonds. The molecule has 0 aliphatic carbocycles. The van der Waals surface area contributed by atoms with Gasteiger partial charge in [0.1, 0.15) is 5.69 Å². The fourth-order valence-corrected chi connectivity index (χ4v) is 4.19. The van der Waals surface area contributed by atoms with Crippen molar-refractivity contribution in [2.45, 2.75) is 45.8 Å². The zero-order valence-corrected chi connectivity index (χ0v) is 19.0. The molecule has 1 aromatic carbocycles. The van der Waals surface area contributed by atoms with Gasteiger partial charge in [0.25, 0.3) is 0 Å². The Morgan fingerprint density at radius 3 is 2.61 bits per heavy atom. The highest BCUT2D eigenvalue weighted by Gasteiger charge is 2.26. The average molecular weight is 428 g/mol. The molecule has 1 atom stereocenters. The zero-order valence-electron chi connectivity index (χ0n) is 19.0. The molecule has 31 heavy (non-hydrogen) atoms. The first-order valence-electron chi connectivity index (χ1n) is 11.5. The van der Waals surface area contributed by atoms with Gasteiger partial charge < -0.3 is 19.3 Å². The second-order valence-electron chi connectivity index (χ2n) is 8.80. The summed E-state index contributed by atoms with van der Waals surface area (Å²) in [6.07, 6.45) is 4.76. The van der Waals surface area contributed by atoms with E-state index >= 15 is 0 Å². The van der Waals surface area contributed by atoms with Crippen LogP contribution in [0.5, 0.6) is 0 Å². The molecule has 1 aromatic heterocycles. The summed E-state index contributed by atoms with van der Waals surface area (Å²) in [5, 5.41) is 15.0. The molecule has 0 radical (unpaired) electrons. The highest BCUT2D eigenvalue weighted by molar-refractivity contribution is 5.68. The lowest BCUT2D eigenvalue weighted by Crippen LogP contribution is -2.37. The molecule has 0 spiro atoms. The van der Waals surface area contributed by atoms with Crippen molar-refractivity contribution in [3.8, 4) is 11.3 Å². The van der Waals surface area contributed by atoms with Gasteiger partial charge in [0.15, 0.2) is 0 Å². The van der Waals surface area contributed by atoms with Gasteiger partial charge >= 0.3 is 0 Å². The number of hydrogen-bond acceptors (Lipinski definition) is 6. The Morgan fingerprint density at radius 2 is 1.94 bits per heavy atom. The number of rotatable bonds is 12. The number of aromatic nitrogens is 1. The fraction of sp³-hybridized carbons (Fsp3) is 0.560. The predicted octanol–water partition coefficient (Wildman–Crippen LogP) is 4.35. The highest BCUT2D eigenvalue weighted by atomic mass is 16.5. The van der Waals surface area contributed by atoms with Gasteiger partial charge in [-0.15, -0.1) is 6.58 Å². The second kappa shape index (κ2) is 12.0. The summed E-state index contributed by atoms with van der Waals surface area (Å²) in [5.41, 5.74) is 3.06. The Kier molecular flexibility index (Phi) is 9.13. The molecule has 1 N–H and O–H groups in total. The van der Waals surface area contributed by atoms with E-state index in [1.165, 1.54) is 19.3 Å². The quantitative estimate of drug-likeness (QED) is 0.401. The third-order valence-electron chi connectivity index (χ3n) is 5.48. The molecule has 1 unspecified atom stereocenters. The van der Waals surface area contributed by atoms with Crippen molar-refractivity contribution >= 4 is 5.88 Å². The van der Waals surface area contributed by atoms with Gasteiger partial charge in [-0.05, 0) is 25.2 Å². The van der Waals surface area contributed by atoms with Crippen molar-refractivity contribution in [2.24, 2.45) is 5.92 Å². The van der Waals surface area contributed by atoms with Gasteiger partial charge in [-0.2, -0.15) is 0 Å². The standard InChI is InChI=1S/C25H37N3O3/c1-4-15-30-19-22(29)17-27(16-20(2)3)18-23-24(21-11-7-5-8-12-21)26-31-25(23)28-13-9-6-10-14-28/h4-5,7-8,11-12,20,22,29H,1,6,9-10,13-19H2,2-3H3. The summed E-state index contributed by atoms with van der Waals surface area (Å²) in [5.74, 6) is 1.35. The molecule has 1 aliphatic rings. The SMILES string of the molecule is C=CCOCC(O)CN(Cc1c(-c2ccccc2)noc1N1CCCCC1)CC(C)C. The van der Waals surface area contributed by atoms with Crippen LogP contribution < -0.4 is 4.90 Å². The molecule has 1 aliphatic heterocycles.